The molecule has 1 fully saturated rings. The van der Waals surface area contributed by atoms with Gasteiger partial charge in [-0.15, -0.1) is 0 Å². The first-order valence-corrected chi connectivity index (χ1v) is 11.9. The molecular weight excluding hydrogens is 468 g/mol. The molecule has 0 bridgehead atoms. The summed E-state index contributed by atoms with van der Waals surface area (Å²) in [5.74, 6) is 1.31. The highest BCUT2D eigenvalue weighted by Crippen LogP contribution is 2.30. The van der Waals surface area contributed by atoms with Crippen LogP contribution in [-0.4, -0.2) is 18.6 Å². The fourth-order valence-corrected chi connectivity index (χ4v) is 4.10. The van der Waals surface area contributed by atoms with E-state index < -0.39 is 0 Å². The standard InChI is InChI=1S/C26H29BrN2O3/c1-3-31-25-15-20(10-13-24(25)32-17-19-8-11-22(27)12-9-19)14-21(16-28)26(30)29-23-7-5-4-6-18(23)2/h8-15,18,23H,3-7,17H2,1-2H3,(H,29,30)/b21-14+/t18-,23+/m0/s1. The number of nitrogens with one attached hydrogen (secondary N) is 1. The molecule has 0 spiro atoms. The Morgan fingerprint density at radius 3 is 2.59 bits per heavy atom. The van der Waals surface area contributed by atoms with E-state index in [1.807, 2.05) is 49.4 Å². The van der Waals surface area contributed by atoms with Crippen LogP contribution < -0.4 is 14.8 Å². The quantitative estimate of drug-likeness (QED) is 0.357. The topological polar surface area (TPSA) is 71.3 Å². The molecule has 5 nitrogen and oxygen atoms in total. The average molecular weight is 497 g/mol. The van der Waals surface area contributed by atoms with Crippen molar-refractivity contribution in [1.82, 2.24) is 5.32 Å². The van der Waals surface area contributed by atoms with Crippen molar-refractivity contribution in [2.45, 2.75) is 52.2 Å². The summed E-state index contributed by atoms with van der Waals surface area (Å²) in [5.41, 5.74) is 1.85. The molecule has 3 rings (SSSR count). The van der Waals surface area contributed by atoms with Crippen molar-refractivity contribution in [2.24, 2.45) is 5.92 Å². The zero-order valence-corrected chi connectivity index (χ0v) is 20.2. The summed E-state index contributed by atoms with van der Waals surface area (Å²) in [6, 6.07) is 15.5. The van der Waals surface area contributed by atoms with Gasteiger partial charge in [-0.05, 0) is 67.2 Å². The van der Waals surface area contributed by atoms with Gasteiger partial charge in [0.2, 0.25) is 0 Å². The molecule has 0 saturated heterocycles. The molecule has 1 N–H and O–H groups in total. The van der Waals surface area contributed by atoms with Crippen LogP contribution in [0, 0.1) is 17.2 Å². The second-order valence-electron chi connectivity index (χ2n) is 8.07. The Kier molecular flexibility index (Phi) is 8.75. The predicted octanol–water partition coefficient (Wildman–Crippen LogP) is 6.03. The highest BCUT2D eigenvalue weighted by molar-refractivity contribution is 9.10. The van der Waals surface area contributed by atoms with Gasteiger partial charge in [-0.25, -0.2) is 0 Å². The molecule has 0 heterocycles. The van der Waals surface area contributed by atoms with Gasteiger partial charge in [0.15, 0.2) is 11.5 Å². The number of benzene rings is 2. The molecule has 1 aliphatic rings. The molecule has 0 radical (unpaired) electrons. The number of ether oxygens (including phenoxy) is 2. The largest absolute Gasteiger partial charge is 0.490 e. The molecule has 32 heavy (non-hydrogen) atoms. The van der Waals surface area contributed by atoms with E-state index in [0.717, 1.165) is 29.3 Å². The Balaban J connectivity index is 1.73. The lowest BCUT2D eigenvalue weighted by atomic mass is 9.86. The average Bonchev–Trinajstić information content (AvgIpc) is 2.79. The number of halogens is 1. The molecular formula is C26H29BrN2O3. The molecule has 2 aromatic carbocycles. The van der Waals surface area contributed by atoms with Gasteiger partial charge in [-0.3, -0.25) is 4.79 Å². The molecule has 1 saturated carbocycles. The number of nitriles is 1. The minimum absolute atomic E-state index is 0.0914. The maximum absolute atomic E-state index is 12.7. The summed E-state index contributed by atoms with van der Waals surface area (Å²) >= 11 is 3.43. The van der Waals surface area contributed by atoms with Crippen molar-refractivity contribution in [3.8, 4) is 17.6 Å². The van der Waals surface area contributed by atoms with Gasteiger partial charge in [0.1, 0.15) is 18.2 Å². The number of hydrogen-bond donors (Lipinski definition) is 1. The lowest BCUT2D eigenvalue weighted by Crippen LogP contribution is -2.41. The van der Waals surface area contributed by atoms with Crippen molar-refractivity contribution in [3.63, 3.8) is 0 Å². The minimum atomic E-state index is -0.320. The van der Waals surface area contributed by atoms with Crippen LogP contribution in [0.2, 0.25) is 0 Å². The van der Waals surface area contributed by atoms with Gasteiger partial charge < -0.3 is 14.8 Å². The molecule has 2 aromatic rings. The summed E-state index contributed by atoms with van der Waals surface area (Å²) in [5, 5.41) is 12.6. The van der Waals surface area contributed by atoms with Crippen molar-refractivity contribution in [1.29, 1.82) is 5.26 Å². The Bertz CT molecular complexity index is 995. The van der Waals surface area contributed by atoms with Crippen LogP contribution >= 0.6 is 15.9 Å². The Morgan fingerprint density at radius 1 is 1.16 bits per heavy atom. The molecule has 168 valence electrons. The summed E-state index contributed by atoms with van der Waals surface area (Å²) in [4.78, 5) is 12.7. The first-order valence-electron chi connectivity index (χ1n) is 11.1. The van der Waals surface area contributed by atoms with E-state index in [2.05, 4.69) is 28.2 Å². The maximum atomic E-state index is 12.7. The van der Waals surface area contributed by atoms with E-state index in [0.29, 0.717) is 36.2 Å². The van der Waals surface area contributed by atoms with Crippen LogP contribution in [0.25, 0.3) is 6.08 Å². The van der Waals surface area contributed by atoms with Gasteiger partial charge in [0.25, 0.3) is 5.91 Å². The number of amides is 1. The highest BCUT2D eigenvalue weighted by Gasteiger charge is 2.24. The summed E-state index contributed by atoms with van der Waals surface area (Å²) < 4.78 is 12.7. The van der Waals surface area contributed by atoms with Crippen molar-refractivity contribution in [2.75, 3.05) is 6.61 Å². The normalized spacial score (nSPS) is 18.5. The van der Waals surface area contributed by atoms with E-state index in [1.54, 1.807) is 12.1 Å². The molecule has 0 unspecified atom stereocenters. The highest BCUT2D eigenvalue weighted by atomic mass is 79.9. The molecule has 0 aliphatic heterocycles. The number of carbonyl (C=O) groups excluding carboxylic acids is 1. The van der Waals surface area contributed by atoms with Crippen LogP contribution in [0.1, 0.15) is 50.7 Å². The van der Waals surface area contributed by atoms with E-state index in [-0.39, 0.29) is 17.5 Å². The lowest BCUT2D eigenvalue weighted by molar-refractivity contribution is -0.118. The zero-order chi connectivity index (χ0) is 22.9. The first-order chi connectivity index (χ1) is 15.5. The predicted molar refractivity (Wildman–Crippen MR) is 129 cm³/mol. The smallest absolute Gasteiger partial charge is 0.262 e. The fraction of sp³-hybridized carbons (Fsp3) is 0.385. The van der Waals surface area contributed by atoms with E-state index in [9.17, 15) is 10.1 Å². The minimum Gasteiger partial charge on any atom is -0.490 e. The van der Waals surface area contributed by atoms with E-state index >= 15 is 0 Å². The Morgan fingerprint density at radius 2 is 1.91 bits per heavy atom. The Hall–Kier alpha value is -2.78. The van der Waals surface area contributed by atoms with Crippen molar-refractivity contribution >= 4 is 27.9 Å². The van der Waals surface area contributed by atoms with Crippen LogP contribution in [0.5, 0.6) is 11.5 Å². The third-order valence-electron chi connectivity index (χ3n) is 5.68. The van der Waals surface area contributed by atoms with E-state index in [1.165, 1.54) is 6.42 Å². The molecule has 6 heteroatoms. The number of nitrogens with zero attached hydrogens (tertiary/aromatic N) is 1. The number of rotatable bonds is 8. The molecule has 0 aromatic heterocycles. The van der Waals surface area contributed by atoms with Crippen molar-refractivity contribution in [3.05, 3.63) is 63.6 Å². The molecule has 2 atom stereocenters. The van der Waals surface area contributed by atoms with Gasteiger partial charge >= 0.3 is 0 Å². The summed E-state index contributed by atoms with van der Waals surface area (Å²) in [6.07, 6.45) is 5.98. The Labute approximate surface area is 198 Å². The number of hydrogen-bond acceptors (Lipinski definition) is 4. The second kappa shape index (κ2) is 11.7. The third-order valence-corrected chi connectivity index (χ3v) is 6.21. The third kappa shape index (κ3) is 6.61. The van der Waals surface area contributed by atoms with Crippen molar-refractivity contribution < 1.29 is 14.3 Å². The van der Waals surface area contributed by atoms with Crippen LogP contribution in [0.4, 0.5) is 0 Å². The lowest BCUT2D eigenvalue weighted by Gasteiger charge is -2.29. The van der Waals surface area contributed by atoms with Crippen LogP contribution in [0.15, 0.2) is 52.5 Å². The second-order valence-corrected chi connectivity index (χ2v) is 8.98. The first kappa shape index (κ1) is 23.9. The number of carbonyl (C=O) groups is 1. The fourth-order valence-electron chi connectivity index (χ4n) is 3.84. The molecule has 1 amide bonds. The van der Waals surface area contributed by atoms with Gasteiger partial charge in [-0.1, -0.05) is 53.9 Å². The molecule has 1 aliphatic carbocycles. The van der Waals surface area contributed by atoms with Gasteiger partial charge in [0, 0.05) is 10.5 Å². The zero-order valence-electron chi connectivity index (χ0n) is 18.6. The monoisotopic (exact) mass is 496 g/mol. The SMILES string of the molecule is CCOc1cc(/C=C(\C#N)C(=O)N[C@@H]2CCCC[C@@H]2C)ccc1OCc1ccc(Br)cc1. The van der Waals surface area contributed by atoms with Crippen LogP contribution in [0.3, 0.4) is 0 Å². The summed E-state index contributed by atoms with van der Waals surface area (Å²) in [7, 11) is 0. The van der Waals surface area contributed by atoms with E-state index in [4.69, 9.17) is 9.47 Å². The van der Waals surface area contributed by atoms with Gasteiger partial charge in [-0.2, -0.15) is 5.26 Å². The van der Waals surface area contributed by atoms with Gasteiger partial charge in [0.05, 0.1) is 6.61 Å². The van der Waals surface area contributed by atoms with Crippen LogP contribution in [-0.2, 0) is 11.4 Å². The maximum Gasteiger partial charge on any atom is 0.262 e. The summed E-state index contributed by atoms with van der Waals surface area (Å²) in [6.45, 7) is 4.95.